The van der Waals surface area contributed by atoms with Gasteiger partial charge in [-0.05, 0) is 37.3 Å². The Morgan fingerprint density at radius 3 is 2.37 bits per heavy atom. The van der Waals surface area contributed by atoms with Gasteiger partial charge in [0.1, 0.15) is 5.82 Å². The van der Waals surface area contributed by atoms with Gasteiger partial charge < -0.3 is 9.80 Å². The van der Waals surface area contributed by atoms with E-state index in [1.165, 1.54) is 12.1 Å². The van der Waals surface area contributed by atoms with Crippen molar-refractivity contribution in [2.75, 3.05) is 31.1 Å². The zero-order chi connectivity index (χ0) is 18.8. The van der Waals surface area contributed by atoms with Gasteiger partial charge >= 0.3 is 0 Å². The molecule has 138 valence electrons. The highest BCUT2D eigenvalue weighted by atomic mass is 19.1. The lowest BCUT2D eigenvalue weighted by Crippen LogP contribution is -2.49. The highest BCUT2D eigenvalue weighted by Crippen LogP contribution is 2.18. The van der Waals surface area contributed by atoms with Gasteiger partial charge in [0.05, 0.1) is 23.1 Å². The van der Waals surface area contributed by atoms with Crippen molar-refractivity contribution in [3.05, 3.63) is 66.0 Å². The molecule has 27 heavy (non-hydrogen) atoms. The summed E-state index contributed by atoms with van der Waals surface area (Å²) < 4.78 is 14.8. The average Bonchev–Trinajstić information content (AvgIpc) is 3.10. The van der Waals surface area contributed by atoms with Crippen LogP contribution < -0.4 is 4.90 Å². The molecule has 0 radical (unpaired) electrons. The van der Waals surface area contributed by atoms with E-state index in [0.29, 0.717) is 37.7 Å². The molecule has 1 aliphatic heterocycles. The van der Waals surface area contributed by atoms with E-state index >= 15 is 0 Å². The van der Waals surface area contributed by atoms with Gasteiger partial charge in [-0.2, -0.15) is 5.10 Å². The van der Waals surface area contributed by atoms with Crippen LogP contribution in [0.5, 0.6) is 0 Å². The summed E-state index contributed by atoms with van der Waals surface area (Å²) in [5, 5.41) is 4.31. The average molecular weight is 366 g/mol. The van der Waals surface area contributed by atoms with Crippen LogP contribution in [0.15, 0.2) is 48.9 Å². The molecule has 0 N–H and O–H groups in total. The lowest BCUT2D eigenvalue weighted by molar-refractivity contribution is 0.0745. The number of carbonyl (C=O) groups is 1. The van der Waals surface area contributed by atoms with E-state index in [1.54, 1.807) is 41.5 Å². The van der Waals surface area contributed by atoms with E-state index < -0.39 is 0 Å². The normalized spacial score (nSPS) is 14.4. The van der Waals surface area contributed by atoms with Crippen molar-refractivity contribution in [1.29, 1.82) is 0 Å². The van der Waals surface area contributed by atoms with Crippen LogP contribution >= 0.6 is 0 Å². The van der Waals surface area contributed by atoms with Crippen LogP contribution in [0.2, 0.25) is 0 Å². The summed E-state index contributed by atoms with van der Waals surface area (Å²) in [7, 11) is 0. The Kier molecular flexibility index (Phi) is 4.53. The predicted octanol–water partition coefficient (Wildman–Crippen LogP) is 2.07. The fourth-order valence-corrected chi connectivity index (χ4v) is 3.20. The summed E-state index contributed by atoms with van der Waals surface area (Å²) in [6.45, 7) is 4.40. The van der Waals surface area contributed by atoms with E-state index in [1.807, 2.05) is 11.8 Å². The number of halogens is 1. The molecule has 0 atom stereocenters. The summed E-state index contributed by atoms with van der Waals surface area (Å²) in [5.41, 5.74) is 2.02. The molecule has 0 unspecified atom stereocenters. The zero-order valence-corrected chi connectivity index (χ0v) is 14.9. The van der Waals surface area contributed by atoms with Gasteiger partial charge in [-0.15, -0.1) is 0 Å². The minimum atomic E-state index is -0.305. The molecule has 3 aromatic rings. The molecule has 0 spiro atoms. The fourth-order valence-electron chi connectivity index (χ4n) is 3.20. The van der Waals surface area contributed by atoms with Crippen LogP contribution in [0.4, 0.5) is 10.3 Å². The number of benzene rings is 1. The van der Waals surface area contributed by atoms with Gasteiger partial charge in [-0.1, -0.05) is 0 Å². The van der Waals surface area contributed by atoms with Crippen LogP contribution in [-0.2, 0) is 0 Å². The third kappa shape index (κ3) is 3.38. The largest absolute Gasteiger partial charge is 0.337 e. The summed E-state index contributed by atoms with van der Waals surface area (Å²) in [6.07, 6.45) is 5.01. The topological polar surface area (TPSA) is 67.2 Å². The van der Waals surface area contributed by atoms with E-state index in [4.69, 9.17) is 0 Å². The summed E-state index contributed by atoms with van der Waals surface area (Å²) in [5.74, 6) is 0.333. The molecule has 4 rings (SSSR count). The predicted molar refractivity (Wildman–Crippen MR) is 98.4 cm³/mol. The maximum Gasteiger partial charge on any atom is 0.257 e. The quantitative estimate of drug-likeness (QED) is 0.710. The molecule has 7 nitrogen and oxygen atoms in total. The Morgan fingerprint density at radius 2 is 1.70 bits per heavy atom. The Hall–Kier alpha value is -3.29. The van der Waals surface area contributed by atoms with Crippen molar-refractivity contribution in [1.82, 2.24) is 24.6 Å². The first-order chi connectivity index (χ1) is 13.1. The first-order valence-corrected chi connectivity index (χ1v) is 8.75. The van der Waals surface area contributed by atoms with Crippen LogP contribution in [0, 0.1) is 12.7 Å². The zero-order valence-electron chi connectivity index (χ0n) is 14.9. The second-order valence-corrected chi connectivity index (χ2v) is 6.36. The van der Waals surface area contributed by atoms with E-state index in [-0.39, 0.29) is 11.7 Å². The molecule has 3 heterocycles. The summed E-state index contributed by atoms with van der Waals surface area (Å²) >= 11 is 0. The maximum absolute atomic E-state index is 13.1. The highest BCUT2D eigenvalue weighted by Gasteiger charge is 2.26. The number of piperazine rings is 1. The van der Waals surface area contributed by atoms with E-state index in [9.17, 15) is 9.18 Å². The minimum Gasteiger partial charge on any atom is -0.337 e. The lowest BCUT2D eigenvalue weighted by atomic mass is 10.2. The molecule has 1 saturated heterocycles. The number of hydrogen-bond donors (Lipinski definition) is 0. The van der Waals surface area contributed by atoms with E-state index in [0.717, 1.165) is 11.4 Å². The van der Waals surface area contributed by atoms with Crippen LogP contribution in [-0.4, -0.2) is 56.7 Å². The molecule has 0 saturated carbocycles. The number of hydrogen-bond acceptors (Lipinski definition) is 5. The van der Waals surface area contributed by atoms with Crippen LogP contribution in [0.25, 0.3) is 5.69 Å². The first-order valence-electron chi connectivity index (χ1n) is 8.75. The molecule has 1 aromatic carbocycles. The Morgan fingerprint density at radius 1 is 1.04 bits per heavy atom. The number of anilines is 1. The SMILES string of the molecule is Cc1c(C(=O)N2CCN(c3ncccn3)CC2)cnn1-c1ccc(F)cc1. The maximum atomic E-state index is 13.1. The molecular weight excluding hydrogens is 347 g/mol. The van der Waals surface area contributed by atoms with Gasteiger partial charge in [-0.25, -0.2) is 19.0 Å². The first kappa shape index (κ1) is 17.1. The molecule has 1 amide bonds. The third-order valence-corrected chi connectivity index (χ3v) is 4.71. The Balaban J connectivity index is 1.47. The minimum absolute atomic E-state index is 0.0468. The molecule has 0 bridgehead atoms. The number of carbonyl (C=O) groups excluding carboxylic acids is 1. The highest BCUT2D eigenvalue weighted by molar-refractivity contribution is 5.95. The lowest BCUT2D eigenvalue weighted by Gasteiger charge is -2.34. The Labute approximate surface area is 156 Å². The molecule has 8 heteroatoms. The molecule has 2 aromatic heterocycles. The third-order valence-electron chi connectivity index (χ3n) is 4.71. The second-order valence-electron chi connectivity index (χ2n) is 6.36. The van der Waals surface area contributed by atoms with Gasteiger partial charge in [0.25, 0.3) is 5.91 Å². The summed E-state index contributed by atoms with van der Waals surface area (Å²) in [6, 6.07) is 7.82. The van der Waals surface area contributed by atoms with Gasteiger partial charge in [0.15, 0.2) is 0 Å². The van der Waals surface area contributed by atoms with Crippen molar-refractivity contribution < 1.29 is 9.18 Å². The van der Waals surface area contributed by atoms with Crippen molar-refractivity contribution in [2.45, 2.75) is 6.92 Å². The van der Waals surface area contributed by atoms with Crippen molar-refractivity contribution in [2.24, 2.45) is 0 Å². The van der Waals surface area contributed by atoms with Crippen molar-refractivity contribution >= 4 is 11.9 Å². The number of aromatic nitrogens is 4. The van der Waals surface area contributed by atoms with E-state index in [2.05, 4.69) is 20.0 Å². The Bertz CT molecular complexity index is 933. The summed E-state index contributed by atoms with van der Waals surface area (Å²) in [4.78, 5) is 25.3. The van der Waals surface area contributed by atoms with Gasteiger partial charge in [0.2, 0.25) is 5.95 Å². The molecule has 1 aliphatic rings. The molecular formula is C19H19FN6O. The monoisotopic (exact) mass is 366 g/mol. The standard InChI is InChI=1S/C19H19FN6O/c1-14-17(13-23-26(14)16-5-3-15(20)4-6-16)18(27)24-9-11-25(12-10-24)19-21-7-2-8-22-19/h2-8,13H,9-12H2,1H3. The number of rotatable bonds is 3. The molecule has 1 fully saturated rings. The van der Waals surface area contributed by atoms with Crippen LogP contribution in [0.3, 0.4) is 0 Å². The van der Waals surface area contributed by atoms with Crippen molar-refractivity contribution in [3.63, 3.8) is 0 Å². The van der Waals surface area contributed by atoms with Gasteiger partial charge in [-0.3, -0.25) is 4.79 Å². The second kappa shape index (κ2) is 7.14. The van der Waals surface area contributed by atoms with Crippen molar-refractivity contribution in [3.8, 4) is 5.69 Å². The molecule has 0 aliphatic carbocycles. The number of amides is 1. The number of nitrogens with zero attached hydrogens (tertiary/aromatic N) is 6. The van der Waals surface area contributed by atoms with Crippen LogP contribution in [0.1, 0.15) is 16.1 Å². The van der Waals surface area contributed by atoms with Gasteiger partial charge in [0, 0.05) is 38.6 Å². The smallest absolute Gasteiger partial charge is 0.257 e. The fraction of sp³-hybridized carbons (Fsp3) is 0.263.